The van der Waals surface area contributed by atoms with E-state index in [0.29, 0.717) is 18.2 Å². The molecule has 1 aromatic heterocycles. The van der Waals surface area contributed by atoms with Crippen LogP contribution >= 0.6 is 0 Å². The summed E-state index contributed by atoms with van der Waals surface area (Å²) >= 11 is 0. The first-order valence-electron chi connectivity index (χ1n) is 8.64. The normalized spacial score (nSPS) is 10.4. The van der Waals surface area contributed by atoms with Gasteiger partial charge in [-0.1, -0.05) is 55.5 Å². The van der Waals surface area contributed by atoms with Gasteiger partial charge in [0.1, 0.15) is 5.69 Å². The second kappa shape index (κ2) is 8.25. The molecule has 0 aliphatic heterocycles. The van der Waals surface area contributed by atoms with E-state index >= 15 is 0 Å². The van der Waals surface area contributed by atoms with Crippen LogP contribution in [0.1, 0.15) is 28.5 Å². The van der Waals surface area contributed by atoms with E-state index in [0.717, 1.165) is 17.7 Å². The fourth-order valence-corrected chi connectivity index (χ4v) is 2.73. The van der Waals surface area contributed by atoms with Crippen LogP contribution in [0.3, 0.4) is 0 Å². The van der Waals surface area contributed by atoms with Gasteiger partial charge in [-0.15, -0.1) is 0 Å². The molecule has 0 fully saturated rings. The monoisotopic (exact) mass is 346 g/mol. The van der Waals surface area contributed by atoms with Crippen molar-refractivity contribution in [1.29, 1.82) is 0 Å². The Balaban J connectivity index is 1.75. The van der Waals surface area contributed by atoms with Gasteiger partial charge in [-0.2, -0.15) is 0 Å². The molecule has 0 spiro atoms. The van der Waals surface area contributed by atoms with E-state index < -0.39 is 0 Å². The van der Waals surface area contributed by atoms with Crippen molar-refractivity contribution >= 4 is 17.5 Å². The number of carbonyl (C=O) groups excluding carboxylic acids is 1. The number of amides is 1. The average molecular weight is 346 g/mol. The lowest BCUT2D eigenvalue weighted by Gasteiger charge is -2.17. The molecule has 5 heteroatoms. The predicted octanol–water partition coefficient (Wildman–Crippen LogP) is 4.05. The number of aryl methyl sites for hydroxylation is 1. The van der Waals surface area contributed by atoms with Crippen molar-refractivity contribution in [1.82, 2.24) is 14.9 Å². The number of nitrogens with zero attached hydrogens (tertiary/aromatic N) is 3. The number of para-hydroxylation sites is 1. The Labute approximate surface area is 153 Å². The molecular formula is C21H22N4O. The fraction of sp³-hybridized carbons (Fsp3) is 0.190. The van der Waals surface area contributed by atoms with Gasteiger partial charge in [0.2, 0.25) is 5.95 Å². The molecule has 26 heavy (non-hydrogen) atoms. The zero-order valence-electron chi connectivity index (χ0n) is 15.0. The van der Waals surface area contributed by atoms with Crippen LogP contribution in [0.15, 0.2) is 66.9 Å². The Hall–Kier alpha value is -3.21. The Morgan fingerprint density at radius 3 is 2.54 bits per heavy atom. The SMILES string of the molecule is CCc1ccccc1Nc1nccc(C(=O)N(C)Cc2ccccc2)n1. The third-order valence-corrected chi connectivity index (χ3v) is 4.13. The quantitative estimate of drug-likeness (QED) is 0.731. The third kappa shape index (κ3) is 4.25. The number of rotatable bonds is 6. The van der Waals surface area contributed by atoms with Crippen LogP contribution in [0.5, 0.6) is 0 Å². The van der Waals surface area contributed by atoms with E-state index in [4.69, 9.17) is 0 Å². The molecule has 0 unspecified atom stereocenters. The minimum atomic E-state index is -0.136. The van der Waals surface area contributed by atoms with Crippen LogP contribution < -0.4 is 5.32 Å². The molecular weight excluding hydrogens is 324 g/mol. The second-order valence-electron chi connectivity index (χ2n) is 6.05. The fourth-order valence-electron chi connectivity index (χ4n) is 2.73. The van der Waals surface area contributed by atoms with Crippen LogP contribution in [0, 0.1) is 0 Å². The summed E-state index contributed by atoms with van der Waals surface area (Å²) in [5.74, 6) is 0.285. The Morgan fingerprint density at radius 2 is 1.77 bits per heavy atom. The van der Waals surface area contributed by atoms with E-state index in [1.807, 2.05) is 48.5 Å². The maximum atomic E-state index is 12.7. The zero-order chi connectivity index (χ0) is 18.4. The van der Waals surface area contributed by atoms with Crippen molar-refractivity contribution in [3.8, 4) is 0 Å². The molecule has 132 valence electrons. The second-order valence-corrected chi connectivity index (χ2v) is 6.05. The van der Waals surface area contributed by atoms with Crippen LogP contribution in [-0.2, 0) is 13.0 Å². The Kier molecular flexibility index (Phi) is 5.59. The van der Waals surface area contributed by atoms with Crippen molar-refractivity contribution < 1.29 is 4.79 Å². The summed E-state index contributed by atoms with van der Waals surface area (Å²) in [6, 6.07) is 19.5. The number of carbonyl (C=O) groups is 1. The summed E-state index contributed by atoms with van der Waals surface area (Å²) in [5.41, 5.74) is 3.58. The van der Waals surface area contributed by atoms with Gasteiger partial charge in [0.05, 0.1) is 0 Å². The molecule has 0 aliphatic carbocycles. The lowest BCUT2D eigenvalue weighted by Crippen LogP contribution is -2.27. The molecule has 0 saturated heterocycles. The molecule has 5 nitrogen and oxygen atoms in total. The Morgan fingerprint density at radius 1 is 1.04 bits per heavy atom. The van der Waals surface area contributed by atoms with Crippen molar-refractivity contribution in [2.45, 2.75) is 19.9 Å². The van der Waals surface area contributed by atoms with Crippen molar-refractivity contribution in [3.63, 3.8) is 0 Å². The van der Waals surface area contributed by atoms with Gasteiger partial charge in [0.25, 0.3) is 5.91 Å². The van der Waals surface area contributed by atoms with Crippen LogP contribution in [-0.4, -0.2) is 27.8 Å². The minimum absolute atomic E-state index is 0.136. The number of nitrogens with one attached hydrogen (secondary N) is 1. The molecule has 0 aliphatic rings. The van der Waals surface area contributed by atoms with Crippen LogP contribution in [0.2, 0.25) is 0 Å². The predicted molar refractivity (Wildman–Crippen MR) is 103 cm³/mol. The maximum Gasteiger partial charge on any atom is 0.272 e. The number of hydrogen-bond donors (Lipinski definition) is 1. The van der Waals surface area contributed by atoms with E-state index in [9.17, 15) is 4.79 Å². The standard InChI is InChI=1S/C21H22N4O/c1-3-17-11-7-8-12-18(17)23-21-22-14-13-19(24-21)20(26)25(2)15-16-9-5-4-6-10-16/h4-14H,3,15H2,1-2H3,(H,22,23,24). The molecule has 1 heterocycles. The molecule has 1 N–H and O–H groups in total. The summed E-state index contributed by atoms with van der Waals surface area (Å²) in [5, 5.41) is 3.21. The highest BCUT2D eigenvalue weighted by molar-refractivity contribution is 5.92. The van der Waals surface area contributed by atoms with Crippen LogP contribution in [0.25, 0.3) is 0 Å². The summed E-state index contributed by atoms with van der Waals surface area (Å²) in [6.45, 7) is 2.63. The van der Waals surface area contributed by atoms with Gasteiger partial charge in [-0.25, -0.2) is 9.97 Å². The lowest BCUT2D eigenvalue weighted by molar-refractivity contribution is 0.0779. The molecule has 0 bridgehead atoms. The lowest BCUT2D eigenvalue weighted by atomic mass is 10.1. The maximum absolute atomic E-state index is 12.7. The smallest absolute Gasteiger partial charge is 0.272 e. The third-order valence-electron chi connectivity index (χ3n) is 4.13. The Bertz CT molecular complexity index is 880. The number of benzene rings is 2. The van der Waals surface area contributed by atoms with E-state index in [1.54, 1.807) is 24.2 Å². The van der Waals surface area contributed by atoms with Gasteiger partial charge in [-0.3, -0.25) is 4.79 Å². The molecule has 0 radical (unpaired) electrons. The van der Waals surface area contributed by atoms with Crippen molar-refractivity contribution in [2.24, 2.45) is 0 Å². The van der Waals surface area contributed by atoms with Gasteiger partial charge in [0.15, 0.2) is 0 Å². The average Bonchev–Trinajstić information content (AvgIpc) is 2.69. The van der Waals surface area contributed by atoms with Gasteiger partial charge in [0, 0.05) is 25.5 Å². The first-order valence-corrected chi connectivity index (χ1v) is 8.64. The molecule has 2 aromatic carbocycles. The summed E-state index contributed by atoms with van der Waals surface area (Å²) in [7, 11) is 1.77. The first kappa shape index (κ1) is 17.6. The number of aromatic nitrogens is 2. The van der Waals surface area contributed by atoms with Gasteiger partial charge >= 0.3 is 0 Å². The van der Waals surface area contributed by atoms with E-state index in [1.165, 1.54) is 5.56 Å². The molecule has 0 atom stereocenters. The summed E-state index contributed by atoms with van der Waals surface area (Å²) < 4.78 is 0. The number of hydrogen-bond acceptors (Lipinski definition) is 4. The first-order chi connectivity index (χ1) is 12.7. The van der Waals surface area contributed by atoms with Gasteiger partial charge < -0.3 is 10.2 Å². The highest BCUT2D eigenvalue weighted by atomic mass is 16.2. The molecule has 0 saturated carbocycles. The minimum Gasteiger partial charge on any atom is -0.336 e. The molecule has 3 aromatic rings. The molecule has 1 amide bonds. The largest absolute Gasteiger partial charge is 0.336 e. The van der Waals surface area contributed by atoms with E-state index in [-0.39, 0.29) is 5.91 Å². The zero-order valence-corrected chi connectivity index (χ0v) is 15.0. The van der Waals surface area contributed by atoms with Crippen molar-refractivity contribution in [2.75, 3.05) is 12.4 Å². The summed E-state index contributed by atoms with van der Waals surface area (Å²) in [4.78, 5) is 23.0. The van der Waals surface area contributed by atoms with Gasteiger partial charge in [-0.05, 0) is 29.7 Å². The van der Waals surface area contributed by atoms with E-state index in [2.05, 4.69) is 28.3 Å². The number of anilines is 2. The van der Waals surface area contributed by atoms with Crippen LogP contribution in [0.4, 0.5) is 11.6 Å². The highest BCUT2D eigenvalue weighted by Crippen LogP contribution is 2.19. The van der Waals surface area contributed by atoms with Crippen molar-refractivity contribution in [3.05, 3.63) is 83.7 Å². The summed E-state index contributed by atoms with van der Waals surface area (Å²) in [6.07, 6.45) is 2.51. The topological polar surface area (TPSA) is 58.1 Å². The molecule has 3 rings (SSSR count). The highest BCUT2D eigenvalue weighted by Gasteiger charge is 2.15.